The van der Waals surface area contributed by atoms with Gasteiger partial charge in [-0.3, -0.25) is 4.79 Å². The van der Waals surface area contributed by atoms with Gasteiger partial charge in [0.2, 0.25) is 5.91 Å². The number of fused-ring (bicyclic) bond motifs is 1. The van der Waals surface area contributed by atoms with Crippen LogP contribution in [-0.2, 0) is 4.79 Å². The van der Waals surface area contributed by atoms with E-state index in [-0.39, 0.29) is 5.91 Å². The van der Waals surface area contributed by atoms with Crippen molar-refractivity contribution in [2.75, 3.05) is 18.9 Å². The number of carbonyl (C=O) groups excluding carboxylic acids is 1. The van der Waals surface area contributed by atoms with E-state index in [1.807, 2.05) is 20.8 Å². The minimum absolute atomic E-state index is 0.0439. The zero-order valence-corrected chi connectivity index (χ0v) is 12.6. The van der Waals surface area contributed by atoms with Crippen molar-refractivity contribution >= 4 is 29.1 Å². The molecule has 0 aliphatic carbocycles. The summed E-state index contributed by atoms with van der Waals surface area (Å²) in [5.41, 5.74) is 0.196. The molecule has 2 aromatic rings. The Morgan fingerprint density at radius 3 is 2.85 bits per heavy atom. The van der Waals surface area contributed by atoms with Crippen molar-refractivity contribution in [2.45, 2.75) is 20.8 Å². The van der Waals surface area contributed by atoms with Crippen LogP contribution in [0.1, 0.15) is 19.4 Å². The van der Waals surface area contributed by atoms with Crippen LogP contribution in [0.2, 0.25) is 5.15 Å². The first kappa shape index (κ1) is 14.5. The quantitative estimate of drug-likeness (QED) is 0.830. The summed E-state index contributed by atoms with van der Waals surface area (Å²) in [5, 5.41) is 10.3. The molecule has 0 bridgehead atoms. The molecule has 0 radical (unpaired) electrons. The van der Waals surface area contributed by atoms with Crippen LogP contribution in [0.4, 0.5) is 5.82 Å². The van der Waals surface area contributed by atoms with Crippen molar-refractivity contribution in [2.24, 2.45) is 5.41 Å². The number of hydrogen-bond donors (Lipinski definition) is 2. The summed E-state index contributed by atoms with van der Waals surface area (Å²) in [5.74, 6) is 1.06. The maximum absolute atomic E-state index is 11.8. The third kappa shape index (κ3) is 2.53. The Morgan fingerprint density at radius 2 is 2.20 bits per heavy atom. The summed E-state index contributed by atoms with van der Waals surface area (Å²) < 4.78 is 1.57. The minimum atomic E-state index is -0.566. The van der Waals surface area contributed by atoms with E-state index >= 15 is 0 Å². The standard InChI is InChI=1S/C12H17ClN6O/c1-7-8(13)18-11-16-6-17-19(11)9(7)15-5-12(2,3)10(20)14-4/h6,15H,5H2,1-4H3,(H,14,20). The van der Waals surface area contributed by atoms with Crippen LogP contribution in [0.15, 0.2) is 6.33 Å². The smallest absolute Gasteiger partial charge is 0.255 e. The predicted molar refractivity (Wildman–Crippen MR) is 76.9 cm³/mol. The highest BCUT2D eigenvalue weighted by atomic mass is 35.5. The Balaban J connectivity index is 2.32. The molecular formula is C12H17ClN6O. The van der Waals surface area contributed by atoms with Crippen molar-refractivity contribution in [3.05, 3.63) is 17.0 Å². The highest BCUT2D eigenvalue weighted by Crippen LogP contribution is 2.24. The van der Waals surface area contributed by atoms with Crippen LogP contribution in [0.5, 0.6) is 0 Å². The fourth-order valence-corrected chi connectivity index (χ4v) is 1.99. The van der Waals surface area contributed by atoms with Crippen LogP contribution >= 0.6 is 11.6 Å². The molecule has 0 unspecified atom stereocenters. The monoisotopic (exact) mass is 296 g/mol. The largest absolute Gasteiger partial charge is 0.369 e. The molecule has 0 aliphatic heterocycles. The Morgan fingerprint density at radius 1 is 1.50 bits per heavy atom. The van der Waals surface area contributed by atoms with Crippen LogP contribution in [-0.4, -0.2) is 39.1 Å². The number of rotatable bonds is 4. The lowest BCUT2D eigenvalue weighted by molar-refractivity contribution is -0.128. The summed E-state index contributed by atoms with van der Waals surface area (Å²) in [6, 6.07) is 0. The van der Waals surface area contributed by atoms with E-state index in [1.54, 1.807) is 11.6 Å². The molecule has 20 heavy (non-hydrogen) atoms. The Kier molecular flexibility index (Phi) is 3.80. The van der Waals surface area contributed by atoms with Crippen LogP contribution in [0.25, 0.3) is 5.78 Å². The second-order valence-electron chi connectivity index (χ2n) is 5.16. The van der Waals surface area contributed by atoms with Gasteiger partial charge >= 0.3 is 0 Å². The summed E-state index contributed by atoms with van der Waals surface area (Å²) in [4.78, 5) is 19.9. The molecule has 0 fully saturated rings. The number of anilines is 1. The van der Waals surface area contributed by atoms with Gasteiger partial charge in [-0.1, -0.05) is 11.6 Å². The molecular weight excluding hydrogens is 280 g/mol. The van der Waals surface area contributed by atoms with Gasteiger partial charge in [-0.05, 0) is 20.8 Å². The molecule has 8 heteroatoms. The topological polar surface area (TPSA) is 84.2 Å². The molecule has 2 heterocycles. The first-order valence-electron chi connectivity index (χ1n) is 6.18. The summed E-state index contributed by atoms with van der Waals surface area (Å²) in [6.07, 6.45) is 1.41. The zero-order valence-electron chi connectivity index (χ0n) is 11.9. The molecule has 2 N–H and O–H groups in total. The molecule has 7 nitrogen and oxygen atoms in total. The Bertz CT molecular complexity index is 651. The molecule has 0 saturated heterocycles. The summed E-state index contributed by atoms with van der Waals surface area (Å²) in [6.45, 7) is 5.99. The maximum Gasteiger partial charge on any atom is 0.255 e. The number of hydrogen-bond acceptors (Lipinski definition) is 5. The lowest BCUT2D eigenvalue weighted by atomic mass is 9.92. The van der Waals surface area contributed by atoms with E-state index in [2.05, 4.69) is 25.7 Å². The highest BCUT2D eigenvalue weighted by Gasteiger charge is 2.27. The lowest BCUT2D eigenvalue weighted by Gasteiger charge is -2.24. The maximum atomic E-state index is 11.8. The predicted octanol–water partition coefficient (Wildman–Crippen LogP) is 1.27. The van der Waals surface area contributed by atoms with Crippen LogP contribution in [0, 0.1) is 12.3 Å². The Hall–Kier alpha value is -1.89. The summed E-state index contributed by atoms with van der Waals surface area (Å²) in [7, 11) is 1.62. The van der Waals surface area contributed by atoms with Gasteiger partial charge in [0.05, 0.1) is 5.41 Å². The van der Waals surface area contributed by atoms with Gasteiger partial charge < -0.3 is 10.6 Å². The molecule has 2 rings (SSSR count). The van der Waals surface area contributed by atoms with Crippen LogP contribution in [0.3, 0.4) is 0 Å². The fourth-order valence-electron chi connectivity index (χ4n) is 1.83. The molecule has 1 amide bonds. The van der Waals surface area contributed by atoms with Crippen LogP contribution < -0.4 is 10.6 Å². The highest BCUT2D eigenvalue weighted by molar-refractivity contribution is 6.30. The first-order valence-corrected chi connectivity index (χ1v) is 6.56. The number of aromatic nitrogens is 4. The van der Waals surface area contributed by atoms with Gasteiger partial charge in [-0.25, -0.2) is 0 Å². The van der Waals surface area contributed by atoms with Gasteiger partial charge in [-0.2, -0.15) is 19.6 Å². The van der Waals surface area contributed by atoms with Gasteiger partial charge in [0.15, 0.2) is 0 Å². The van der Waals surface area contributed by atoms with E-state index in [9.17, 15) is 4.79 Å². The number of amides is 1. The normalized spacial score (nSPS) is 11.7. The number of nitrogens with zero attached hydrogens (tertiary/aromatic N) is 4. The fraction of sp³-hybridized carbons (Fsp3) is 0.500. The second kappa shape index (κ2) is 5.24. The second-order valence-corrected chi connectivity index (χ2v) is 5.52. The average Bonchev–Trinajstić information content (AvgIpc) is 2.85. The van der Waals surface area contributed by atoms with E-state index in [4.69, 9.17) is 11.6 Å². The SMILES string of the molecule is CNC(=O)C(C)(C)CNc1c(C)c(Cl)nc2ncnn12. The zero-order chi connectivity index (χ0) is 14.9. The van der Waals surface area contributed by atoms with Crippen molar-refractivity contribution in [1.82, 2.24) is 24.9 Å². The van der Waals surface area contributed by atoms with Crippen molar-refractivity contribution < 1.29 is 4.79 Å². The molecule has 2 aromatic heterocycles. The van der Waals surface area contributed by atoms with Crippen molar-refractivity contribution in [3.63, 3.8) is 0 Å². The molecule has 0 spiro atoms. The average molecular weight is 297 g/mol. The molecule has 0 saturated carbocycles. The summed E-state index contributed by atoms with van der Waals surface area (Å²) >= 11 is 6.08. The van der Waals surface area contributed by atoms with Gasteiger partial charge in [0.1, 0.15) is 17.3 Å². The third-order valence-electron chi connectivity index (χ3n) is 3.14. The third-order valence-corrected chi connectivity index (χ3v) is 3.51. The number of carbonyl (C=O) groups is 1. The first-order chi connectivity index (χ1) is 9.36. The van der Waals surface area contributed by atoms with Crippen molar-refractivity contribution in [1.29, 1.82) is 0 Å². The molecule has 0 atom stereocenters. The number of nitrogens with one attached hydrogen (secondary N) is 2. The number of halogens is 1. The van der Waals surface area contributed by atoms with E-state index in [1.165, 1.54) is 6.33 Å². The van der Waals surface area contributed by atoms with E-state index < -0.39 is 5.41 Å². The van der Waals surface area contributed by atoms with Gasteiger partial charge in [-0.15, -0.1) is 0 Å². The van der Waals surface area contributed by atoms with E-state index in [0.29, 0.717) is 23.3 Å². The Labute approximate surface area is 121 Å². The molecule has 0 aromatic carbocycles. The lowest BCUT2D eigenvalue weighted by Crippen LogP contribution is -2.39. The molecule has 0 aliphatic rings. The van der Waals surface area contributed by atoms with Gasteiger partial charge in [0.25, 0.3) is 5.78 Å². The minimum Gasteiger partial charge on any atom is -0.369 e. The van der Waals surface area contributed by atoms with Crippen molar-refractivity contribution in [3.8, 4) is 0 Å². The van der Waals surface area contributed by atoms with Gasteiger partial charge in [0, 0.05) is 19.2 Å². The molecule has 108 valence electrons. The van der Waals surface area contributed by atoms with E-state index in [0.717, 1.165) is 5.56 Å².